The van der Waals surface area contributed by atoms with Crippen LogP contribution in [-0.2, 0) is 13.5 Å². The van der Waals surface area contributed by atoms with Gasteiger partial charge in [0.15, 0.2) is 6.20 Å². The molecule has 0 spiro atoms. The van der Waals surface area contributed by atoms with Gasteiger partial charge in [0.2, 0.25) is 5.69 Å². The fraction of sp³-hybridized carbons (Fsp3) is 0.207. The minimum atomic E-state index is 1.01. The van der Waals surface area contributed by atoms with E-state index in [9.17, 15) is 0 Å². The number of aromatic nitrogens is 1. The smallest absolute Gasteiger partial charge is 0.201 e. The highest BCUT2D eigenvalue weighted by Crippen LogP contribution is 2.45. The Bertz CT molecular complexity index is 1310. The fourth-order valence-corrected chi connectivity index (χ4v) is 5.28. The summed E-state index contributed by atoms with van der Waals surface area (Å²) in [5.41, 5.74) is 16.4. The van der Waals surface area contributed by atoms with E-state index in [1.54, 1.807) is 0 Å². The maximum Gasteiger partial charge on any atom is 0.213 e. The molecule has 0 amide bonds. The van der Waals surface area contributed by atoms with Gasteiger partial charge in [-0.05, 0) is 84.2 Å². The van der Waals surface area contributed by atoms with Crippen LogP contribution in [0.2, 0.25) is 0 Å². The van der Waals surface area contributed by atoms with Crippen LogP contribution in [-0.4, -0.2) is 0 Å². The Hall–Kier alpha value is -3.19. The molecule has 1 aromatic heterocycles. The molecule has 4 aromatic rings. The molecule has 0 aliphatic heterocycles. The Morgan fingerprint density at radius 3 is 2.07 bits per heavy atom. The van der Waals surface area contributed by atoms with Gasteiger partial charge in [-0.2, -0.15) is 0 Å². The number of benzene rings is 3. The van der Waals surface area contributed by atoms with Crippen LogP contribution in [0.3, 0.4) is 0 Å². The molecule has 1 heteroatoms. The van der Waals surface area contributed by atoms with Gasteiger partial charge in [-0.3, -0.25) is 0 Å². The standard InChI is InChI=1S/C29H28N/c1-18-10-6-8-12-23(18)25-16-27(30(5)17-21(25)4)29-20(3)14-19(2)28-24-13-9-7-11-22(24)15-26(28)29/h6-14,16-17H,15H2,1-5H3/q+1. The molecule has 1 nitrogen and oxygen atoms in total. The molecule has 1 aliphatic rings. The van der Waals surface area contributed by atoms with Gasteiger partial charge in [-0.15, -0.1) is 0 Å². The van der Waals surface area contributed by atoms with E-state index in [0.29, 0.717) is 0 Å². The molecule has 0 saturated heterocycles. The zero-order chi connectivity index (χ0) is 21.0. The topological polar surface area (TPSA) is 3.88 Å². The second kappa shape index (κ2) is 6.95. The van der Waals surface area contributed by atoms with Crippen LogP contribution in [0.1, 0.15) is 33.4 Å². The van der Waals surface area contributed by atoms with Gasteiger partial charge in [0.25, 0.3) is 0 Å². The lowest BCUT2D eigenvalue weighted by molar-refractivity contribution is -0.660. The van der Waals surface area contributed by atoms with Crippen LogP contribution in [0.15, 0.2) is 66.9 Å². The van der Waals surface area contributed by atoms with Gasteiger partial charge in [0, 0.05) is 11.6 Å². The minimum absolute atomic E-state index is 1.01. The molecule has 3 aromatic carbocycles. The van der Waals surface area contributed by atoms with E-state index in [2.05, 4.69) is 106 Å². The molecule has 0 atom stereocenters. The molecule has 5 rings (SSSR count). The molecule has 1 aliphatic carbocycles. The van der Waals surface area contributed by atoms with E-state index in [1.807, 2.05) is 0 Å². The Kier molecular flexibility index (Phi) is 4.36. The molecule has 0 fully saturated rings. The minimum Gasteiger partial charge on any atom is -0.201 e. The summed E-state index contributed by atoms with van der Waals surface area (Å²) in [7, 11) is 2.18. The van der Waals surface area contributed by atoms with E-state index >= 15 is 0 Å². The largest absolute Gasteiger partial charge is 0.213 e. The lowest BCUT2D eigenvalue weighted by Gasteiger charge is -2.16. The Balaban J connectivity index is 1.79. The van der Waals surface area contributed by atoms with Crippen molar-refractivity contribution in [2.45, 2.75) is 34.1 Å². The summed E-state index contributed by atoms with van der Waals surface area (Å²) in [6.45, 7) is 8.94. The molecule has 0 bridgehead atoms. The first-order chi connectivity index (χ1) is 14.5. The predicted molar refractivity (Wildman–Crippen MR) is 126 cm³/mol. The average Bonchev–Trinajstić information content (AvgIpc) is 3.10. The monoisotopic (exact) mass is 390 g/mol. The quantitative estimate of drug-likeness (QED) is 0.297. The predicted octanol–water partition coefficient (Wildman–Crippen LogP) is 6.65. The molecule has 0 unspecified atom stereocenters. The van der Waals surface area contributed by atoms with Gasteiger partial charge in [-0.1, -0.05) is 54.6 Å². The van der Waals surface area contributed by atoms with Gasteiger partial charge in [0.05, 0.1) is 5.56 Å². The van der Waals surface area contributed by atoms with Crippen molar-refractivity contribution in [3.05, 3.63) is 100 Å². The maximum atomic E-state index is 2.40. The van der Waals surface area contributed by atoms with Crippen molar-refractivity contribution >= 4 is 0 Å². The first-order valence-corrected chi connectivity index (χ1v) is 10.7. The molecular formula is C29H28N+. The number of pyridine rings is 1. The maximum absolute atomic E-state index is 2.40. The number of rotatable bonds is 2. The molecule has 1 heterocycles. The van der Waals surface area contributed by atoms with Crippen LogP contribution in [0.5, 0.6) is 0 Å². The summed E-state index contributed by atoms with van der Waals surface area (Å²) in [4.78, 5) is 0. The van der Waals surface area contributed by atoms with Gasteiger partial charge in [0.1, 0.15) is 7.05 Å². The van der Waals surface area contributed by atoms with Crippen LogP contribution in [0, 0.1) is 27.7 Å². The van der Waals surface area contributed by atoms with Crippen molar-refractivity contribution in [1.82, 2.24) is 0 Å². The highest BCUT2D eigenvalue weighted by Gasteiger charge is 2.28. The third-order valence-corrected chi connectivity index (χ3v) is 6.64. The molecule has 0 radical (unpaired) electrons. The molecule has 30 heavy (non-hydrogen) atoms. The van der Waals surface area contributed by atoms with Gasteiger partial charge in [-0.25, -0.2) is 4.57 Å². The molecular weight excluding hydrogens is 362 g/mol. The summed E-state index contributed by atoms with van der Waals surface area (Å²) >= 11 is 0. The van der Waals surface area contributed by atoms with E-state index in [4.69, 9.17) is 0 Å². The van der Waals surface area contributed by atoms with Crippen LogP contribution < -0.4 is 4.57 Å². The highest BCUT2D eigenvalue weighted by molar-refractivity contribution is 5.88. The van der Waals surface area contributed by atoms with Crippen molar-refractivity contribution < 1.29 is 4.57 Å². The van der Waals surface area contributed by atoms with Crippen molar-refractivity contribution in [3.8, 4) is 33.5 Å². The third kappa shape index (κ3) is 2.81. The first-order valence-electron chi connectivity index (χ1n) is 10.7. The zero-order valence-electron chi connectivity index (χ0n) is 18.5. The lowest BCUT2D eigenvalue weighted by Crippen LogP contribution is -2.32. The first kappa shape index (κ1) is 18.8. The average molecular weight is 391 g/mol. The van der Waals surface area contributed by atoms with Crippen LogP contribution in [0.4, 0.5) is 0 Å². The summed E-state index contributed by atoms with van der Waals surface area (Å²) in [5, 5.41) is 0. The van der Waals surface area contributed by atoms with E-state index in [-0.39, 0.29) is 0 Å². The van der Waals surface area contributed by atoms with Crippen LogP contribution in [0.25, 0.3) is 33.5 Å². The number of fused-ring (bicyclic) bond motifs is 3. The normalized spacial score (nSPS) is 12.0. The van der Waals surface area contributed by atoms with E-state index < -0.39 is 0 Å². The van der Waals surface area contributed by atoms with Crippen molar-refractivity contribution in [1.29, 1.82) is 0 Å². The number of hydrogen-bond acceptors (Lipinski definition) is 0. The Morgan fingerprint density at radius 1 is 0.633 bits per heavy atom. The summed E-state index contributed by atoms with van der Waals surface area (Å²) in [6.07, 6.45) is 3.29. The van der Waals surface area contributed by atoms with Gasteiger partial charge < -0.3 is 0 Å². The molecule has 0 saturated carbocycles. The SMILES string of the molecule is Cc1ccccc1-c1cc(-c2c(C)cc(C)c3c2Cc2ccccc2-3)[n+](C)cc1C. The highest BCUT2D eigenvalue weighted by atomic mass is 14.9. The second-order valence-corrected chi connectivity index (χ2v) is 8.75. The van der Waals surface area contributed by atoms with E-state index in [1.165, 1.54) is 66.9 Å². The number of aryl methyl sites for hydroxylation is 5. The van der Waals surface area contributed by atoms with Gasteiger partial charge >= 0.3 is 0 Å². The molecule has 0 N–H and O–H groups in total. The molecule has 148 valence electrons. The lowest BCUT2D eigenvalue weighted by atomic mass is 9.89. The van der Waals surface area contributed by atoms with Crippen molar-refractivity contribution in [3.63, 3.8) is 0 Å². The van der Waals surface area contributed by atoms with E-state index in [0.717, 1.165) is 6.42 Å². The third-order valence-electron chi connectivity index (χ3n) is 6.64. The van der Waals surface area contributed by atoms with Crippen molar-refractivity contribution in [2.24, 2.45) is 7.05 Å². The summed E-state index contributed by atoms with van der Waals surface area (Å²) in [5.74, 6) is 0. The number of hydrogen-bond donors (Lipinski definition) is 0. The Morgan fingerprint density at radius 2 is 1.30 bits per heavy atom. The summed E-state index contributed by atoms with van der Waals surface area (Å²) < 4.78 is 2.30. The van der Waals surface area contributed by atoms with Crippen molar-refractivity contribution in [2.75, 3.05) is 0 Å². The van der Waals surface area contributed by atoms with Crippen LogP contribution >= 0.6 is 0 Å². The fourth-order valence-electron chi connectivity index (χ4n) is 5.28. The zero-order valence-corrected chi connectivity index (χ0v) is 18.5. The number of nitrogens with zero attached hydrogens (tertiary/aromatic N) is 1. The Labute approximate surface area is 179 Å². The summed E-state index contributed by atoms with van der Waals surface area (Å²) in [6, 6.07) is 22.3. The second-order valence-electron chi connectivity index (χ2n) is 8.75.